The zero-order valence-corrected chi connectivity index (χ0v) is 26.9. The number of likely N-dealkylation sites (tertiary alicyclic amines) is 1. The molecule has 0 bridgehead atoms. The average molecular weight is 607 g/mol. The summed E-state index contributed by atoms with van der Waals surface area (Å²) in [5.74, 6) is 2.10. The lowest BCUT2D eigenvalue weighted by molar-refractivity contribution is 0.0650. The summed E-state index contributed by atoms with van der Waals surface area (Å²) in [7, 11) is 3.27. The third-order valence-corrected chi connectivity index (χ3v) is 9.35. The first kappa shape index (κ1) is 32.1. The van der Waals surface area contributed by atoms with E-state index < -0.39 is 0 Å². The summed E-state index contributed by atoms with van der Waals surface area (Å²) in [4.78, 5) is 33.9. The molecule has 0 aromatic heterocycles. The number of benzene rings is 2. The molecule has 3 fully saturated rings. The van der Waals surface area contributed by atoms with Gasteiger partial charge in [0.2, 0.25) is 0 Å². The first-order chi connectivity index (χ1) is 21.4. The Morgan fingerprint density at radius 3 is 2.39 bits per heavy atom. The number of rotatable bonds is 14. The highest BCUT2D eigenvalue weighted by atomic mass is 16.5. The predicted molar refractivity (Wildman–Crippen MR) is 172 cm³/mol. The van der Waals surface area contributed by atoms with Gasteiger partial charge in [0.05, 0.1) is 13.7 Å². The zero-order valence-electron chi connectivity index (χ0n) is 26.9. The average Bonchev–Trinajstić information content (AvgIpc) is 3.58. The van der Waals surface area contributed by atoms with Crippen molar-refractivity contribution in [1.82, 2.24) is 20.0 Å². The second kappa shape index (κ2) is 15.1. The van der Waals surface area contributed by atoms with E-state index in [2.05, 4.69) is 53.2 Å². The number of hydrogen-bond acceptors (Lipinski definition) is 6. The van der Waals surface area contributed by atoms with Crippen LogP contribution in [0.1, 0.15) is 61.4 Å². The van der Waals surface area contributed by atoms with Gasteiger partial charge in [-0.3, -0.25) is 4.79 Å². The molecule has 3 aliphatic rings. The molecule has 0 spiro atoms. The summed E-state index contributed by atoms with van der Waals surface area (Å²) >= 11 is 0. The molecule has 44 heavy (non-hydrogen) atoms. The van der Waals surface area contributed by atoms with E-state index in [4.69, 9.17) is 14.2 Å². The smallest absolute Gasteiger partial charge is 0.320 e. The molecule has 240 valence electrons. The lowest BCUT2D eigenvalue weighted by atomic mass is 9.94. The fourth-order valence-corrected chi connectivity index (χ4v) is 6.60. The minimum Gasteiger partial charge on any atom is -0.493 e. The van der Waals surface area contributed by atoms with E-state index in [0.717, 1.165) is 58.4 Å². The number of carbonyl (C=O) groups is 2. The number of carbonyl (C=O) groups excluding carboxylic acids is 2. The number of ether oxygens (including phenoxy) is 3. The van der Waals surface area contributed by atoms with Crippen molar-refractivity contribution in [2.75, 3.05) is 66.7 Å². The number of methoxy groups -OCH3 is 2. The van der Waals surface area contributed by atoms with Gasteiger partial charge in [-0.25, -0.2) is 4.79 Å². The van der Waals surface area contributed by atoms with Crippen molar-refractivity contribution in [3.8, 4) is 11.5 Å². The van der Waals surface area contributed by atoms with Crippen LogP contribution in [-0.2, 0) is 4.74 Å². The Morgan fingerprint density at radius 2 is 1.70 bits per heavy atom. The molecular formula is C35H50N4O5. The second-order valence-electron chi connectivity index (χ2n) is 12.8. The number of nitrogens with zero attached hydrogens (tertiary/aromatic N) is 3. The number of urea groups is 1. The van der Waals surface area contributed by atoms with Crippen LogP contribution in [-0.4, -0.2) is 105 Å². The van der Waals surface area contributed by atoms with E-state index in [1.807, 2.05) is 17.0 Å². The molecule has 1 aliphatic carbocycles. The van der Waals surface area contributed by atoms with Gasteiger partial charge in [0.25, 0.3) is 5.91 Å². The van der Waals surface area contributed by atoms with Gasteiger partial charge in [0, 0.05) is 83.0 Å². The lowest BCUT2D eigenvalue weighted by Crippen LogP contribution is -2.48. The Balaban J connectivity index is 1.23. The summed E-state index contributed by atoms with van der Waals surface area (Å²) in [5, 5.41) is 3.57. The van der Waals surface area contributed by atoms with Crippen molar-refractivity contribution >= 4 is 11.9 Å². The van der Waals surface area contributed by atoms with E-state index in [0.29, 0.717) is 48.8 Å². The first-order valence-corrected chi connectivity index (χ1v) is 16.3. The topological polar surface area (TPSA) is 83.6 Å². The van der Waals surface area contributed by atoms with Gasteiger partial charge in [-0.05, 0) is 68.7 Å². The molecule has 9 nitrogen and oxygen atoms in total. The van der Waals surface area contributed by atoms with Gasteiger partial charge < -0.3 is 34.2 Å². The maximum absolute atomic E-state index is 13.9. The van der Waals surface area contributed by atoms with Crippen LogP contribution in [0, 0.1) is 11.8 Å². The van der Waals surface area contributed by atoms with Crippen molar-refractivity contribution in [3.63, 3.8) is 0 Å². The third-order valence-electron chi connectivity index (χ3n) is 9.35. The van der Waals surface area contributed by atoms with Crippen LogP contribution in [0.5, 0.6) is 11.5 Å². The molecule has 2 aromatic rings. The molecule has 1 saturated carbocycles. The van der Waals surface area contributed by atoms with Gasteiger partial charge in [-0.1, -0.05) is 30.3 Å². The summed E-state index contributed by atoms with van der Waals surface area (Å²) in [5.41, 5.74) is 1.90. The summed E-state index contributed by atoms with van der Waals surface area (Å²) in [6, 6.07) is 16.5. The third kappa shape index (κ3) is 7.85. The fraction of sp³-hybridized carbons (Fsp3) is 0.600. The largest absolute Gasteiger partial charge is 0.493 e. The van der Waals surface area contributed by atoms with Crippen molar-refractivity contribution in [1.29, 1.82) is 0 Å². The molecule has 0 radical (unpaired) electrons. The van der Waals surface area contributed by atoms with E-state index >= 15 is 0 Å². The summed E-state index contributed by atoms with van der Waals surface area (Å²) in [6.07, 6.45) is 3.92. The van der Waals surface area contributed by atoms with Crippen molar-refractivity contribution in [2.45, 2.75) is 57.5 Å². The van der Waals surface area contributed by atoms with E-state index in [1.54, 1.807) is 26.4 Å². The maximum atomic E-state index is 13.9. The van der Waals surface area contributed by atoms with Crippen LogP contribution in [0.25, 0.3) is 0 Å². The minimum atomic E-state index is -0.0193. The van der Waals surface area contributed by atoms with Gasteiger partial charge in [-0.15, -0.1) is 0 Å². The van der Waals surface area contributed by atoms with Gasteiger partial charge >= 0.3 is 6.03 Å². The van der Waals surface area contributed by atoms with Crippen LogP contribution in [0.3, 0.4) is 0 Å². The maximum Gasteiger partial charge on any atom is 0.320 e. The molecular weight excluding hydrogens is 556 g/mol. The zero-order chi connectivity index (χ0) is 31.1. The van der Waals surface area contributed by atoms with Crippen LogP contribution in [0.15, 0.2) is 48.5 Å². The highest BCUT2D eigenvalue weighted by molar-refractivity contribution is 5.95. The lowest BCUT2D eigenvalue weighted by Gasteiger charge is -2.35. The van der Waals surface area contributed by atoms with Gasteiger partial charge in [0.15, 0.2) is 11.5 Å². The molecule has 1 N–H and O–H groups in total. The Morgan fingerprint density at radius 1 is 0.955 bits per heavy atom. The van der Waals surface area contributed by atoms with E-state index in [1.165, 1.54) is 5.56 Å². The Labute approximate surface area is 262 Å². The molecule has 2 aromatic carbocycles. The van der Waals surface area contributed by atoms with Crippen molar-refractivity contribution in [2.24, 2.45) is 11.8 Å². The SMILES string of the molecule is COCCCOc1cc(C(=O)N(C[C@@H]2CNC[C@H]2CN(C(=O)N2CC[C@H](c3ccccc3)C2)C2CC2)C(C)C)ccc1OC. The molecule has 2 aliphatic heterocycles. The predicted octanol–water partition coefficient (Wildman–Crippen LogP) is 4.87. The van der Waals surface area contributed by atoms with Crippen LogP contribution in [0.2, 0.25) is 0 Å². The van der Waals surface area contributed by atoms with Crippen LogP contribution >= 0.6 is 0 Å². The van der Waals surface area contributed by atoms with Crippen LogP contribution < -0.4 is 14.8 Å². The normalized spacial score (nSPS) is 21.5. The highest BCUT2D eigenvalue weighted by Gasteiger charge is 2.41. The van der Waals surface area contributed by atoms with Crippen molar-refractivity contribution < 1.29 is 23.8 Å². The molecule has 9 heteroatoms. The standard InChI is InChI=1S/C35H50N4O5/c1-25(2)38(34(40)27-11-14-32(43-4)33(19-27)44-18-8-17-42-3)23-29-20-36-21-30(29)24-39(31-12-13-31)35(41)37-16-15-28(22-37)26-9-6-5-7-10-26/h5-7,9-11,14,19,25,28-31,36H,8,12-13,15-18,20-24H2,1-4H3/t28-,29-,30-/m0/s1. The van der Waals surface area contributed by atoms with Gasteiger partial charge in [-0.2, -0.15) is 0 Å². The Bertz CT molecular complexity index is 1240. The first-order valence-electron chi connectivity index (χ1n) is 16.3. The monoisotopic (exact) mass is 606 g/mol. The second-order valence-corrected chi connectivity index (χ2v) is 12.8. The molecule has 3 amide bonds. The molecule has 5 rings (SSSR count). The highest BCUT2D eigenvalue weighted by Crippen LogP contribution is 2.34. The molecule has 2 saturated heterocycles. The van der Waals surface area contributed by atoms with E-state index in [9.17, 15) is 9.59 Å². The van der Waals surface area contributed by atoms with E-state index in [-0.39, 0.29) is 29.8 Å². The Hall–Kier alpha value is -3.30. The summed E-state index contributed by atoms with van der Waals surface area (Å²) in [6.45, 7) is 9.87. The molecule has 2 heterocycles. The quantitative estimate of drug-likeness (QED) is 0.309. The van der Waals surface area contributed by atoms with Crippen LogP contribution in [0.4, 0.5) is 4.79 Å². The Kier molecular flexibility index (Phi) is 11.0. The number of hydrogen-bond donors (Lipinski definition) is 1. The number of nitrogens with one attached hydrogen (secondary N) is 1. The minimum absolute atomic E-state index is 0.0193. The van der Waals surface area contributed by atoms with Crippen molar-refractivity contribution in [3.05, 3.63) is 59.7 Å². The summed E-state index contributed by atoms with van der Waals surface area (Å²) < 4.78 is 16.6. The van der Waals surface area contributed by atoms with Gasteiger partial charge in [0.1, 0.15) is 0 Å². The number of amides is 3. The fourth-order valence-electron chi connectivity index (χ4n) is 6.60. The molecule has 0 unspecified atom stereocenters. The molecule has 3 atom stereocenters.